The molecule has 0 radical (unpaired) electrons. The summed E-state index contributed by atoms with van der Waals surface area (Å²) < 4.78 is 23.6. The molecular formula is C19H21N5O4S3. The second kappa shape index (κ2) is 8.26. The molecule has 0 fully saturated rings. The Balaban J connectivity index is 1.49. The first-order chi connectivity index (χ1) is 14.6. The van der Waals surface area contributed by atoms with Crippen molar-refractivity contribution >= 4 is 54.9 Å². The van der Waals surface area contributed by atoms with E-state index in [-0.39, 0.29) is 27.3 Å². The molecule has 2 aromatic heterocycles. The molecule has 0 saturated carbocycles. The van der Waals surface area contributed by atoms with Gasteiger partial charge in [0, 0.05) is 10.6 Å². The normalized spacial score (nSPS) is 16.3. The van der Waals surface area contributed by atoms with Crippen molar-refractivity contribution in [3.05, 3.63) is 45.1 Å². The summed E-state index contributed by atoms with van der Waals surface area (Å²) in [6, 6.07) is 5.51. The van der Waals surface area contributed by atoms with Crippen LogP contribution < -0.4 is 21.9 Å². The van der Waals surface area contributed by atoms with Gasteiger partial charge in [0.25, 0.3) is 5.56 Å². The number of thiophene rings is 1. The predicted molar refractivity (Wildman–Crippen MR) is 122 cm³/mol. The second-order valence-corrected chi connectivity index (χ2v) is 11.1. The zero-order valence-corrected chi connectivity index (χ0v) is 19.1. The number of aromatic nitrogens is 2. The van der Waals surface area contributed by atoms with E-state index in [0.29, 0.717) is 21.8 Å². The van der Waals surface area contributed by atoms with Gasteiger partial charge in [-0.25, -0.2) is 23.2 Å². The van der Waals surface area contributed by atoms with Crippen LogP contribution in [0, 0.1) is 5.92 Å². The Morgan fingerprint density at radius 3 is 2.74 bits per heavy atom. The highest BCUT2D eigenvalue weighted by molar-refractivity contribution is 7.99. The molecule has 0 saturated heterocycles. The summed E-state index contributed by atoms with van der Waals surface area (Å²) in [6.45, 7) is 2.20. The Morgan fingerprint density at radius 1 is 1.35 bits per heavy atom. The number of nitrogens with two attached hydrogens (primary N) is 2. The van der Waals surface area contributed by atoms with Crippen molar-refractivity contribution < 1.29 is 13.2 Å². The van der Waals surface area contributed by atoms with Crippen LogP contribution in [-0.4, -0.2) is 29.7 Å². The number of carbonyl (C=O) groups excluding carboxylic acids is 1. The van der Waals surface area contributed by atoms with Crippen molar-refractivity contribution in [2.24, 2.45) is 11.1 Å². The van der Waals surface area contributed by atoms with Crippen LogP contribution in [0.25, 0.3) is 10.2 Å². The summed E-state index contributed by atoms with van der Waals surface area (Å²) in [7, 11) is -3.80. The van der Waals surface area contributed by atoms with E-state index in [0.717, 1.165) is 41.3 Å². The highest BCUT2D eigenvalue weighted by Crippen LogP contribution is 2.36. The lowest BCUT2D eigenvalue weighted by Crippen LogP contribution is -2.30. The molecule has 0 bridgehead atoms. The Morgan fingerprint density at radius 2 is 2.06 bits per heavy atom. The maximum absolute atomic E-state index is 12.8. The minimum atomic E-state index is -3.80. The monoisotopic (exact) mass is 479 g/mol. The van der Waals surface area contributed by atoms with Gasteiger partial charge in [0.1, 0.15) is 4.83 Å². The Kier molecular flexibility index (Phi) is 5.81. The van der Waals surface area contributed by atoms with E-state index < -0.39 is 10.0 Å². The third-order valence-electron chi connectivity index (χ3n) is 5.13. The van der Waals surface area contributed by atoms with E-state index in [1.807, 2.05) is 0 Å². The summed E-state index contributed by atoms with van der Waals surface area (Å²) in [5.74, 6) is 6.21. The summed E-state index contributed by atoms with van der Waals surface area (Å²) in [4.78, 5) is 31.5. The van der Waals surface area contributed by atoms with Crippen molar-refractivity contribution in [1.29, 1.82) is 0 Å². The van der Waals surface area contributed by atoms with Gasteiger partial charge in [0.05, 0.1) is 16.0 Å². The van der Waals surface area contributed by atoms with Crippen LogP contribution in [-0.2, 0) is 27.7 Å². The van der Waals surface area contributed by atoms with E-state index in [1.54, 1.807) is 0 Å². The molecule has 9 nitrogen and oxygen atoms in total. The highest BCUT2D eigenvalue weighted by atomic mass is 32.2. The molecule has 0 aliphatic heterocycles. The molecule has 5 N–H and O–H groups in total. The third kappa shape index (κ3) is 4.47. The molecule has 4 rings (SSSR count). The van der Waals surface area contributed by atoms with Gasteiger partial charge in [0.2, 0.25) is 15.9 Å². The highest BCUT2D eigenvalue weighted by Gasteiger charge is 2.24. The van der Waals surface area contributed by atoms with Gasteiger partial charge in [0.15, 0.2) is 5.16 Å². The number of nitrogen functional groups attached to an aromatic ring is 1. The van der Waals surface area contributed by atoms with Crippen LogP contribution in [0.3, 0.4) is 0 Å². The predicted octanol–water partition coefficient (Wildman–Crippen LogP) is 1.67. The van der Waals surface area contributed by atoms with Gasteiger partial charge in [-0.1, -0.05) is 18.7 Å². The number of hydrogen-bond donors (Lipinski definition) is 3. The van der Waals surface area contributed by atoms with Crippen LogP contribution in [0.1, 0.15) is 23.8 Å². The summed E-state index contributed by atoms with van der Waals surface area (Å²) in [6.07, 6.45) is 2.83. The number of aryl methyl sites for hydroxylation is 1. The van der Waals surface area contributed by atoms with Gasteiger partial charge in [-0.3, -0.25) is 9.59 Å². The smallest absolute Gasteiger partial charge is 0.281 e. The van der Waals surface area contributed by atoms with E-state index in [4.69, 9.17) is 11.0 Å². The van der Waals surface area contributed by atoms with Crippen LogP contribution in [0.5, 0.6) is 0 Å². The fraction of sp³-hybridized carbons (Fsp3) is 0.316. The zero-order chi connectivity index (χ0) is 22.3. The number of fused-ring (bicyclic) bond motifs is 3. The number of sulfonamides is 1. The van der Waals surface area contributed by atoms with Crippen molar-refractivity contribution in [1.82, 2.24) is 9.66 Å². The van der Waals surface area contributed by atoms with E-state index in [9.17, 15) is 18.0 Å². The number of benzene rings is 1. The number of anilines is 1. The van der Waals surface area contributed by atoms with Crippen LogP contribution in [0.15, 0.2) is 39.1 Å². The van der Waals surface area contributed by atoms with Crippen molar-refractivity contribution in [3.63, 3.8) is 0 Å². The first-order valence-corrected chi connectivity index (χ1v) is 12.9. The Bertz CT molecular complexity index is 1330. The van der Waals surface area contributed by atoms with Crippen molar-refractivity contribution in [3.8, 4) is 0 Å². The summed E-state index contributed by atoms with van der Waals surface area (Å²) in [5.41, 5.74) is 1.19. The number of rotatable bonds is 5. The largest absolute Gasteiger partial charge is 0.334 e. The average molecular weight is 480 g/mol. The number of hydrogen-bond acceptors (Lipinski definition) is 8. The van der Waals surface area contributed by atoms with Gasteiger partial charge in [-0.05, 0) is 55.0 Å². The molecule has 3 aromatic rings. The molecule has 164 valence electrons. The Labute approximate surface area is 186 Å². The third-order valence-corrected chi connectivity index (χ3v) is 8.16. The van der Waals surface area contributed by atoms with E-state index in [1.165, 1.54) is 40.5 Å². The number of amides is 1. The van der Waals surface area contributed by atoms with Crippen LogP contribution in [0.2, 0.25) is 0 Å². The Hall–Kier alpha value is -2.41. The molecule has 1 aliphatic carbocycles. The van der Waals surface area contributed by atoms with Crippen molar-refractivity contribution in [2.45, 2.75) is 36.2 Å². The lowest BCUT2D eigenvalue weighted by molar-refractivity contribution is -0.113. The molecule has 1 amide bonds. The minimum Gasteiger partial charge on any atom is -0.334 e. The first-order valence-electron chi connectivity index (χ1n) is 9.51. The summed E-state index contributed by atoms with van der Waals surface area (Å²) in [5, 5.41) is 8.58. The molecule has 1 atom stereocenters. The number of nitrogens with one attached hydrogen (secondary N) is 1. The zero-order valence-electron chi connectivity index (χ0n) is 16.6. The molecule has 31 heavy (non-hydrogen) atoms. The summed E-state index contributed by atoms with van der Waals surface area (Å²) >= 11 is 2.59. The molecule has 1 aliphatic rings. The first kappa shape index (κ1) is 21.8. The van der Waals surface area contributed by atoms with Crippen molar-refractivity contribution in [2.75, 3.05) is 16.9 Å². The molecule has 2 heterocycles. The van der Waals surface area contributed by atoms with Gasteiger partial charge in [-0.15, -0.1) is 11.3 Å². The van der Waals surface area contributed by atoms with Gasteiger partial charge in [-0.2, -0.15) is 0 Å². The maximum atomic E-state index is 12.8. The average Bonchev–Trinajstić information content (AvgIpc) is 3.06. The second-order valence-electron chi connectivity index (χ2n) is 7.51. The van der Waals surface area contributed by atoms with Gasteiger partial charge >= 0.3 is 0 Å². The van der Waals surface area contributed by atoms with Crippen LogP contribution >= 0.6 is 23.1 Å². The molecule has 1 unspecified atom stereocenters. The number of primary sulfonamides is 1. The van der Waals surface area contributed by atoms with E-state index >= 15 is 0 Å². The standard InChI is InChI=1S/C19H21N5O4S3/c1-10-2-7-13-14(8-10)30-17-16(13)18(26)24(20)19(23-17)29-9-15(25)22-11-3-5-12(6-4-11)31(21,27)28/h3-6,10H,2,7-9,20H2,1H3,(H,22,25)(H2,21,27,28). The maximum Gasteiger partial charge on any atom is 0.281 e. The number of carbonyl (C=O) groups is 1. The molecular weight excluding hydrogens is 458 g/mol. The van der Waals surface area contributed by atoms with Crippen LogP contribution in [0.4, 0.5) is 5.69 Å². The number of nitrogens with zero attached hydrogens (tertiary/aromatic N) is 2. The molecule has 12 heteroatoms. The quantitative estimate of drug-likeness (QED) is 0.286. The fourth-order valence-corrected chi connectivity index (χ4v) is 6.20. The fourth-order valence-electron chi connectivity index (χ4n) is 3.54. The van der Waals surface area contributed by atoms with Gasteiger partial charge < -0.3 is 11.2 Å². The molecule has 1 aromatic carbocycles. The van der Waals surface area contributed by atoms with E-state index in [2.05, 4.69) is 17.2 Å². The topological polar surface area (TPSA) is 150 Å². The lowest BCUT2D eigenvalue weighted by Gasteiger charge is -2.17. The SMILES string of the molecule is CC1CCc2c(sc3nc(SCC(=O)Nc4ccc(S(N)(=O)=O)cc4)n(N)c(=O)c23)C1. The minimum absolute atomic E-state index is 0.0196. The lowest BCUT2D eigenvalue weighted by atomic mass is 9.89. The number of thioether (sulfide) groups is 1. The molecule has 0 spiro atoms.